The average molecular weight is 435 g/mol. The highest BCUT2D eigenvalue weighted by Crippen LogP contribution is 2.36. The molecule has 144 valence electrons. The molecular formula is C20H23BrN2O4. The number of hydrogen-bond acceptors (Lipinski definition) is 5. The predicted molar refractivity (Wildman–Crippen MR) is 109 cm³/mol. The maximum absolute atomic E-state index is 12.1. The molecule has 2 aromatic carbocycles. The lowest BCUT2D eigenvalue weighted by Gasteiger charge is -2.12. The first kappa shape index (κ1) is 20.8. The molecule has 0 saturated carbocycles. The number of ether oxygens (including phenoxy) is 3. The van der Waals surface area contributed by atoms with Crippen molar-refractivity contribution in [2.75, 3.05) is 20.3 Å². The molecular weight excluding hydrogens is 412 g/mol. The van der Waals surface area contributed by atoms with Crippen molar-refractivity contribution in [1.82, 2.24) is 5.43 Å². The van der Waals surface area contributed by atoms with Gasteiger partial charge >= 0.3 is 0 Å². The fourth-order valence-corrected chi connectivity index (χ4v) is 2.83. The fourth-order valence-electron chi connectivity index (χ4n) is 2.26. The van der Waals surface area contributed by atoms with Gasteiger partial charge in [0.2, 0.25) is 0 Å². The van der Waals surface area contributed by atoms with Gasteiger partial charge in [0.15, 0.2) is 11.5 Å². The van der Waals surface area contributed by atoms with E-state index >= 15 is 0 Å². The van der Waals surface area contributed by atoms with Crippen LogP contribution in [0.4, 0.5) is 0 Å². The number of hydrogen-bond donors (Lipinski definition) is 1. The van der Waals surface area contributed by atoms with Crippen molar-refractivity contribution < 1.29 is 19.0 Å². The van der Waals surface area contributed by atoms with Crippen molar-refractivity contribution in [2.24, 2.45) is 5.10 Å². The van der Waals surface area contributed by atoms with Gasteiger partial charge in [-0.25, -0.2) is 5.43 Å². The van der Waals surface area contributed by atoms with Crippen molar-refractivity contribution in [2.45, 2.75) is 20.3 Å². The summed E-state index contributed by atoms with van der Waals surface area (Å²) in [4.78, 5) is 12.1. The van der Waals surface area contributed by atoms with E-state index in [0.717, 1.165) is 22.2 Å². The SMILES string of the molecule is CCCOc1c(Br)cc(/C=N/NC(=O)c2ccc(OCC)cc2)cc1OC. The quantitative estimate of drug-likeness (QED) is 0.468. The van der Waals surface area contributed by atoms with Crippen LogP contribution in [-0.2, 0) is 0 Å². The van der Waals surface area contributed by atoms with Gasteiger partial charge < -0.3 is 14.2 Å². The summed E-state index contributed by atoms with van der Waals surface area (Å²) in [6.07, 6.45) is 2.44. The number of nitrogens with one attached hydrogen (secondary N) is 1. The Balaban J connectivity index is 2.04. The molecule has 0 atom stereocenters. The summed E-state index contributed by atoms with van der Waals surface area (Å²) in [5.41, 5.74) is 3.76. The lowest BCUT2D eigenvalue weighted by atomic mass is 10.2. The first-order valence-electron chi connectivity index (χ1n) is 8.65. The number of carbonyl (C=O) groups excluding carboxylic acids is 1. The number of hydrazone groups is 1. The van der Waals surface area contributed by atoms with Gasteiger partial charge in [0.05, 0.1) is 31.0 Å². The van der Waals surface area contributed by atoms with Crippen LogP contribution in [0.5, 0.6) is 17.2 Å². The smallest absolute Gasteiger partial charge is 0.271 e. The molecule has 0 aliphatic rings. The monoisotopic (exact) mass is 434 g/mol. The number of amides is 1. The molecule has 0 fully saturated rings. The second kappa shape index (κ2) is 10.6. The summed E-state index contributed by atoms with van der Waals surface area (Å²) in [7, 11) is 1.58. The van der Waals surface area contributed by atoms with E-state index in [-0.39, 0.29) is 5.91 Å². The van der Waals surface area contributed by atoms with E-state index < -0.39 is 0 Å². The van der Waals surface area contributed by atoms with Crippen LogP contribution in [0.25, 0.3) is 0 Å². The molecule has 1 amide bonds. The number of rotatable bonds is 9. The van der Waals surface area contributed by atoms with Gasteiger partial charge in [-0.15, -0.1) is 0 Å². The Kier molecular flexibility index (Phi) is 8.13. The molecule has 0 radical (unpaired) electrons. The Bertz CT molecular complexity index is 791. The largest absolute Gasteiger partial charge is 0.494 e. The summed E-state index contributed by atoms with van der Waals surface area (Å²) in [6, 6.07) is 10.5. The summed E-state index contributed by atoms with van der Waals surface area (Å²) in [5.74, 6) is 1.66. The molecule has 0 bridgehead atoms. The molecule has 27 heavy (non-hydrogen) atoms. The minimum atomic E-state index is -0.303. The van der Waals surface area contributed by atoms with E-state index in [1.165, 1.54) is 0 Å². The average Bonchev–Trinajstić information content (AvgIpc) is 2.67. The van der Waals surface area contributed by atoms with Crippen LogP contribution in [0.1, 0.15) is 36.2 Å². The van der Waals surface area contributed by atoms with Gasteiger partial charge in [-0.3, -0.25) is 4.79 Å². The molecule has 0 aromatic heterocycles. The fraction of sp³-hybridized carbons (Fsp3) is 0.300. The zero-order chi connectivity index (χ0) is 19.6. The molecule has 7 heteroatoms. The number of nitrogens with zero attached hydrogens (tertiary/aromatic N) is 1. The van der Waals surface area contributed by atoms with Crippen LogP contribution >= 0.6 is 15.9 Å². The highest BCUT2D eigenvalue weighted by atomic mass is 79.9. The second-order valence-electron chi connectivity index (χ2n) is 5.54. The van der Waals surface area contributed by atoms with Crippen LogP contribution in [-0.4, -0.2) is 32.4 Å². The summed E-state index contributed by atoms with van der Waals surface area (Å²) < 4.78 is 17.2. The molecule has 1 N–H and O–H groups in total. The highest BCUT2D eigenvalue weighted by Gasteiger charge is 2.11. The Hall–Kier alpha value is -2.54. The van der Waals surface area contributed by atoms with Gasteiger partial charge in [-0.05, 0) is 71.2 Å². The Morgan fingerprint density at radius 3 is 2.56 bits per heavy atom. The van der Waals surface area contributed by atoms with E-state index in [1.807, 2.05) is 19.9 Å². The summed E-state index contributed by atoms with van der Waals surface area (Å²) in [6.45, 7) is 5.12. The lowest BCUT2D eigenvalue weighted by molar-refractivity contribution is 0.0955. The molecule has 2 rings (SSSR count). The minimum absolute atomic E-state index is 0.303. The highest BCUT2D eigenvalue weighted by molar-refractivity contribution is 9.10. The summed E-state index contributed by atoms with van der Waals surface area (Å²) in [5, 5.41) is 4.01. The second-order valence-corrected chi connectivity index (χ2v) is 6.39. The lowest BCUT2D eigenvalue weighted by Crippen LogP contribution is -2.17. The molecule has 0 unspecified atom stereocenters. The van der Waals surface area contributed by atoms with Gasteiger partial charge in [-0.1, -0.05) is 6.92 Å². The van der Waals surface area contributed by atoms with E-state index in [1.54, 1.807) is 43.7 Å². The Morgan fingerprint density at radius 1 is 1.19 bits per heavy atom. The van der Waals surface area contributed by atoms with E-state index in [9.17, 15) is 4.79 Å². The van der Waals surface area contributed by atoms with Crippen LogP contribution in [0.15, 0.2) is 46.0 Å². The third-order valence-electron chi connectivity index (χ3n) is 3.51. The topological polar surface area (TPSA) is 69.2 Å². The third kappa shape index (κ3) is 5.99. The number of methoxy groups -OCH3 is 1. The molecule has 0 spiro atoms. The minimum Gasteiger partial charge on any atom is -0.494 e. The van der Waals surface area contributed by atoms with Crippen molar-refractivity contribution in [3.8, 4) is 17.2 Å². The first-order chi connectivity index (χ1) is 13.1. The molecule has 2 aromatic rings. The third-order valence-corrected chi connectivity index (χ3v) is 4.10. The van der Waals surface area contributed by atoms with Gasteiger partial charge in [-0.2, -0.15) is 5.10 Å². The molecule has 0 heterocycles. The van der Waals surface area contributed by atoms with E-state index in [4.69, 9.17) is 14.2 Å². The van der Waals surface area contributed by atoms with Crippen molar-refractivity contribution in [3.05, 3.63) is 52.0 Å². The normalized spacial score (nSPS) is 10.7. The number of carbonyl (C=O) groups is 1. The first-order valence-corrected chi connectivity index (χ1v) is 9.44. The van der Waals surface area contributed by atoms with Gasteiger partial charge in [0.1, 0.15) is 5.75 Å². The Labute approximate surface area is 167 Å². The summed E-state index contributed by atoms with van der Waals surface area (Å²) >= 11 is 3.48. The maximum atomic E-state index is 12.1. The van der Waals surface area contributed by atoms with Gasteiger partial charge in [0.25, 0.3) is 5.91 Å². The van der Waals surface area contributed by atoms with Crippen LogP contribution < -0.4 is 19.6 Å². The van der Waals surface area contributed by atoms with Crippen LogP contribution in [0.2, 0.25) is 0 Å². The van der Waals surface area contributed by atoms with Gasteiger partial charge in [0, 0.05) is 5.56 Å². The predicted octanol–water partition coefficient (Wildman–Crippen LogP) is 4.41. The van der Waals surface area contributed by atoms with Crippen molar-refractivity contribution in [1.29, 1.82) is 0 Å². The zero-order valence-electron chi connectivity index (χ0n) is 15.6. The molecule has 0 saturated heterocycles. The standard InChI is InChI=1S/C20H23BrN2O4/c1-4-10-27-19-17(21)11-14(12-18(19)25-3)13-22-23-20(24)15-6-8-16(9-7-15)26-5-2/h6-9,11-13H,4-5,10H2,1-3H3,(H,23,24)/b22-13+. The van der Waals surface area contributed by atoms with Crippen molar-refractivity contribution in [3.63, 3.8) is 0 Å². The van der Waals surface area contributed by atoms with Crippen LogP contribution in [0.3, 0.4) is 0 Å². The Morgan fingerprint density at radius 2 is 1.93 bits per heavy atom. The zero-order valence-corrected chi connectivity index (χ0v) is 17.2. The number of halogens is 1. The molecule has 0 aliphatic heterocycles. The molecule has 6 nitrogen and oxygen atoms in total. The number of benzene rings is 2. The van der Waals surface area contributed by atoms with Crippen LogP contribution in [0, 0.1) is 0 Å². The van der Waals surface area contributed by atoms with Crippen molar-refractivity contribution >= 4 is 28.1 Å². The van der Waals surface area contributed by atoms with E-state index in [2.05, 4.69) is 26.5 Å². The molecule has 0 aliphatic carbocycles. The maximum Gasteiger partial charge on any atom is 0.271 e. The van der Waals surface area contributed by atoms with E-state index in [0.29, 0.717) is 30.3 Å².